The molecule has 0 atom stereocenters. The van der Waals surface area contributed by atoms with E-state index in [1.54, 1.807) is 0 Å². The molecule has 0 radical (unpaired) electrons. The maximum atomic E-state index is 6.71. The second-order valence-corrected chi connectivity index (χ2v) is 14.5. The largest absolute Gasteiger partial charge is 0.454 e. The molecule has 0 unspecified atom stereocenters. The van der Waals surface area contributed by atoms with Gasteiger partial charge in [0, 0.05) is 22.1 Å². The van der Waals surface area contributed by atoms with E-state index in [0.717, 1.165) is 39.0 Å². The molecule has 2 nitrogen and oxygen atoms in total. The Morgan fingerprint density at radius 3 is 1.64 bits per heavy atom. The third-order valence-electron chi connectivity index (χ3n) is 11.2. The molecule has 262 valence electrons. The molecule has 0 saturated heterocycles. The molecular formula is C54H35NO. The van der Waals surface area contributed by atoms with Gasteiger partial charge in [0.15, 0.2) is 5.58 Å². The smallest absolute Gasteiger partial charge is 0.159 e. The predicted octanol–water partition coefficient (Wildman–Crippen LogP) is 15.5. The second-order valence-electron chi connectivity index (χ2n) is 14.5. The van der Waals surface area contributed by atoms with Gasteiger partial charge in [0.2, 0.25) is 0 Å². The van der Waals surface area contributed by atoms with E-state index in [1.807, 2.05) is 6.07 Å². The Hall–Kier alpha value is -7.42. The zero-order chi connectivity index (χ0) is 37.0. The fourth-order valence-electron chi connectivity index (χ4n) is 8.64. The summed E-state index contributed by atoms with van der Waals surface area (Å²) in [5.74, 6) is 0. The quantitative estimate of drug-likeness (QED) is 0.160. The van der Waals surface area contributed by atoms with Crippen LogP contribution in [0.4, 0.5) is 17.1 Å². The van der Waals surface area contributed by atoms with Crippen molar-refractivity contribution in [3.8, 4) is 33.4 Å². The fraction of sp³-hybridized carbons (Fsp3) is 0. The van der Waals surface area contributed by atoms with E-state index in [4.69, 9.17) is 4.42 Å². The van der Waals surface area contributed by atoms with Gasteiger partial charge in [-0.2, -0.15) is 0 Å². The molecular weight excluding hydrogens is 679 g/mol. The molecule has 0 aliphatic rings. The van der Waals surface area contributed by atoms with Crippen molar-refractivity contribution in [1.82, 2.24) is 0 Å². The lowest BCUT2D eigenvalue weighted by molar-refractivity contribution is 0.669. The van der Waals surface area contributed by atoms with Crippen LogP contribution in [-0.4, -0.2) is 0 Å². The average molecular weight is 714 g/mol. The Morgan fingerprint density at radius 2 is 0.875 bits per heavy atom. The van der Waals surface area contributed by atoms with E-state index >= 15 is 0 Å². The van der Waals surface area contributed by atoms with E-state index in [1.165, 1.54) is 65.7 Å². The van der Waals surface area contributed by atoms with Gasteiger partial charge in [-0.25, -0.2) is 0 Å². The molecule has 0 aliphatic carbocycles. The summed E-state index contributed by atoms with van der Waals surface area (Å²) in [5, 5.41) is 9.58. The Balaban J connectivity index is 1.18. The molecule has 11 rings (SSSR count). The first-order valence-corrected chi connectivity index (χ1v) is 19.2. The first kappa shape index (κ1) is 32.0. The van der Waals surface area contributed by atoms with Crippen LogP contribution in [0.2, 0.25) is 0 Å². The van der Waals surface area contributed by atoms with Crippen LogP contribution in [0.25, 0.3) is 87.6 Å². The minimum atomic E-state index is 0.860. The van der Waals surface area contributed by atoms with Crippen molar-refractivity contribution in [2.24, 2.45) is 0 Å². The lowest BCUT2D eigenvalue weighted by Gasteiger charge is -2.27. The highest BCUT2D eigenvalue weighted by atomic mass is 16.3. The molecule has 0 N–H and O–H groups in total. The molecule has 56 heavy (non-hydrogen) atoms. The van der Waals surface area contributed by atoms with E-state index in [9.17, 15) is 0 Å². The number of anilines is 3. The van der Waals surface area contributed by atoms with Crippen molar-refractivity contribution in [1.29, 1.82) is 0 Å². The average Bonchev–Trinajstić information content (AvgIpc) is 3.66. The number of para-hydroxylation sites is 2. The predicted molar refractivity (Wildman–Crippen MR) is 237 cm³/mol. The maximum Gasteiger partial charge on any atom is 0.159 e. The molecule has 0 amide bonds. The van der Waals surface area contributed by atoms with E-state index in [2.05, 4.69) is 211 Å². The summed E-state index contributed by atoms with van der Waals surface area (Å²) in [7, 11) is 0. The summed E-state index contributed by atoms with van der Waals surface area (Å²) in [6, 6.07) is 76.5. The molecule has 0 fully saturated rings. The van der Waals surface area contributed by atoms with E-state index in [-0.39, 0.29) is 0 Å². The van der Waals surface area contributed by atoms with Crippen molar-refractivity contribution in [3.63, 3.8) is 0 Å². The van der Waals surface area contributed by atoms with Gasteiger partial charge in [0.05, 0.1) is 5.69 Å². The zero-order valence-corrected chi connectivity index (χ0v) is 30.6. The second kappa shape index (κ2) is 13.2. The summed E-state index contributed by atoms with van der Waals surface area (Å²) in [5.41, 5.74) is 12.0. The van der Waals surface area contributed by atoms with Gasteiger partial charge < -0.3 is 9.32 Å². The van der Waals surface area contributed by atoms with Crippen LogP contribution in [0.15, 0.2) is 217 Å². The van der Waals surface area contributed by atoms with Crippen molar-refractivity contribution in [2.75, 3.05) is 4.90 Å². The van der Waals surface area contributed by atoms with Gasteiger partial charge in [0.25, 0.3) is 0 Å². The van der Waals surface area contributed by atoms with Crippen molar-refractivity contribution < 1.29 is 4.42 Å². The third-order valence-corrected chi connectivity index (χ3v) is 11.2. The molecule has 2 heteroatoms. The van der Waals surface area contributed by atoms with E-state index in [0.29, 0.717) is 0 Å². The number of furan rings is 1. The van der Waals surface area contributed by atoms with Crippen molar-refractivity contribution in [2.45, 2.75) is 0 Å². The van der Waals surface area contributed by atoms with Crippen molar-refractivity contribution >= 4 is 71.3 Å². The first-order chi connectivity index (χ1) is 27.8. The van der Waals surface area contributed by atoms with Gasteiger partial charge in [-0.3, -0.25) is 0 Å². The number of rotatable bonds is 6. The minimum absolute atomic E-state index is 0.860. The van der Waals surface area contributed by atoms with Crippen LogP contribution in [0, 0.1) is 0 Å². The van der Waals surface area contributed by atoms with Crippen molar-refractivity contribution in [3.05, 3.63) is 212 Å². The third kappa shape index (κ3) is 5.26. The minimum Gasteiger partial charge on any atom is -0.454 e. The zero-order valence-electron chi connectivity index (χ0n) is 30.6. The van der Waals surface area contributed by atoms with Gasteiger partial charge in [-0.15, -0.1) is 0 Å². The normalized spacial score (nSPS) is 11.6. The van der Waals surface area contributed by atoms with Crippen LogP contribution in [-0.2, 0) is 0 Å². The van der Waals surface area contributed by atoms with Crippen LogP contribution in [0.5, 0.6) is 0 Å². The standard InChI is InChI=1S/C54H35NO/c1-3-15-38(16-4-1)52-47-22-10-9-20-44(47)45-33-32-43(35-49(45)53(52)39-17-5-2-6-18-39)55(50-24-13-23-48-46-21-11-12-25-51(46)56-54(48)50)42-30-28-37(29-31-42)41-27-26-36-14-7-8-19-40(36)34-41/h1-35H. The SMILES string of the molecule is c1ccc(-c2c(-c3ccccc3)c3cc(N(c4ccc(-c5ccc6ccccc6c5)cc4)c4cccc5c4oc4ccccc45)ccc3c3ccccc23)cc1. The molecule has 0 spiro atoms. The number of nitrogens with zero attached hydrogens (tertiary/aromatic N) is 1. The maximum absolute atomic E-state index is 6.71. The monoisotopic (exact) mass is 713 g/mol. The topological polar surface area (TPSA) is 16.4 Å². The lowest BCUT2D eigenvalue weighted by Crippen LogP contribution is -2.10. The van der Waals surface area contributed by atoms with Gasteiger partial charge in [-0.05, 0) is 108 Å². The van der Waals surface area contributed by atoms with E-state index < -0.39 is 0 Å². The van der Waals surface area contributed by atoms with Crippen LogP contribution in [0.3, 0.4) is 0 Å². The molecule has 0 bridgehead atoms. The highest BCUT2D eigenvalue weighted by Gasteiger charge is 2.23. The summed E-state index contributed by atoms with van der Waals surface area (Å²) in [6.07, 6.45) is 0. The number of hydrogen-bond donors (Lipinski definition) is 0. The molecule has 1 heterocycles. The lowest BCUT2D eigenvalue weighted by atomic mass is 9.85. The highest BCUT2D eigenvalue weighted by Crippen LogP contribution is 2.48. The van der Waals surface area contributed by atoms with Gasteiger partial charge >= 0.3 is 0 Å². The molecule has 0 saturated carbocycles. The first-order valence-electron chi connectivity index (χ1n) is 19.2. The van der Waals surface area contributed by atoms with Crippen LogP contribution >= 0.6 is 0 Å². The molecule has 10 aromatic carbocycles. The summed E-state index contributed by atoms with van der Waals surface area (Å²) < 4.78 is 6.71. The number of hydrogen-bond acceptors (Lipinski definition) is 2. The summed E-state index contributed by atoms with van der Waals surface area (Å²) in [4.78, 5) is 2.36. The molecule has 0 aliphatic heterocycles. The summed E-state index contributed by atoms with van der Waals surface area (Å²) in [6.45, 7) is 0. The Labute approximate surface area is 325 Å². The Morgan fingerprint density at radius 1 is 0.304 bits per heavy atom. The Bertz CT molecular complexity index is 3230. The molecule has 1 aromatic heterocycles. The number of fused-ring (bicyclic) bond motifs is 7. The summed E-state index contributed by atoms with van der Waals surface area (Å²) >= 11 is 0. The molecule has 11 aromatic rings. The highest BCUT2D eigenvalue weighted by molar-refractivity contribution is 6.22. The fourth-order valence-corrected chi connectivity index (χ4v) is 8.64. The van der Waals surface area contributed by atoms with Crippen LogP contribution < -0.4 is 4.90 Å². The number of benzene rings is 10. The van der Waals surface area contributed by atoms with Gasteiger partial charge in [-0.1, -0.05) is 170 Å². The Kier molecular flexibility index (Phi) is 7.53. The van der Waals surface area contributed by atoms with Gasteiger partial charge in [0.1, 0.15) is 5.58 Å². The van der Waals surface area contributed by atoms with Crippen LogP contribution in [0.1, 0.15) is 0 Å².